The fraction of sp³-hybridized carbons (Fsp3) is 0.0189. The van der Waals surface area contributed by atoms with E-state index in [9.17, 15) is 0 Å². The van der Waals surface area contributed by atoms with Gasteiger partial charge in [0.1, 0.15) is 6.33 Å². The molecule has 274 valence electrons. The van der Waals surface area contributed by atoms with E-state index in [0.29, 0.717) is 0 Å². The van der Waals surface area contributed by atoms with Crippen LogP contribution in [0.3, 0.4) is 0 Å². The minimum absolute atomic E-state index is 0.911. The summed E-state index contributed by atoms with van der Waals surface area (Å²) in [4.78, 5) is 9.80. The SMILES string of the molecule is C=C1C=CC=CCSc2c1cccc2-c1cccc(-c2cccc(-n3c4ccccc4c4cc(-n5c6ccccc6c6cc(-c7cncnc7)ccc65)ccc43)c2)c1. The van der Waals surface area contributed by atoms with Gasteiger partial charge in [0.05, 0.1) is 22.1 Å². The summed E-state index contributed by atoms with van der Waals surface area (Å²) in [6, 6.07) is 55.5. The average Bonchev–Trinajstić information content (AvgIpc) is 3.82. The van der Waals surface area contributed by atoms with Gasteiger partial charge in [-0.15, -0.1) is 11.8 Å². The molecule has 58 heavy (non-hydrogen) atoms. The van der Waals surface area contributed by atoms with E-state index in [0.717, 1.165) is 39.3 Å². The summed E-state index contributed by atoms with van der Waals surface area (Å²) in [7, 11) is 0. The molecule has 1 aliphatic heterocycles. The van der Waals surface area contributed by atoms with Crippen molar-refractivity contribution < 1.29 is 0 Å². The van der Waals surface area contributed by atoms with E-state index in [-0.39, 0.29) is 0 Å². The van der Waals surface area contributed by atoms with Crippen LogP contribution in [0.4, 0.5) is 0 Å². The van der Waals surface area contributed by atoms with Crippen LogP contribution >= 0.6 is 11.8 Å². The smallest absolute Gasteiger partial charge is 0.115 e. The van der Waals surface area contributed by atoms with E-state index in [1.807, 2.05) is 24.2 Å². The first-order valence-electron chi connectivity index (χ1n) is 19.5. The topological polar surface area (TPSA) is 35.6 Å². The Morgan fingerprint density at radius 3 is 1.86 bits per heavy atom. The quantitative estimate of drug-likeness (QED) is 0.175. The van der Waals surface area contributed by atoms with Crippen LogP contribution in [0.1, 0.15) is 5.56 Å². The maximum Gasteiger partial charge on any atom is 0.115 e. The lowest BCUT2D eigenvalue weighted by molar-refractivity contribution is 1.16. The fourth-order valence-electron chi connectivity index (χ4n) is 8.65. The lowest BCUT2D eigenvalue weighted by Gasteiger charge is -2.15. The summed E-state index contributed by atoms with van der Waals surface area (Å²) in [5.74, 6) is 0.911. The van der Waals surface area contributed by atoms with Gasteiger partial charge in [-0.3, -0.25) is 0 Å². The molecule has 0 bridgehead atoms. The molecule has 0 N–H and O–H groups in total. The Hall–Kier alpha value is -7.21. The summed E-state index contributed by atoms with van der Waals surface area (Å²) in [6.45, 7) is 4.39. The second kappa shape index (κ2) is 14.1. The number of fused-ring (bicyclic) bond motifs is 7. The molecule has 3 aromatic heterocycles. The molecule has 4 nitrogen and oxygen atoms in total. The molecule has 10 aromatic rings. The molecule has 1 aliphatic rings. The fourth-order valence-corrected chi connectivity index (χ4v) is 9.72. The third-order valence-electron chi connectivity index (χ3n) is 11.3. The maximum absolute atomic E-state index is 4.39. The molecule has 0 amide bonds. The lowest BCUT2D eigenvalue weighted by atomic mass is 9.96. The van der Waals surface area contributed by atoms with Gasteiger partial charge >= 0.3 is 0 Å². The number of thioether (sulfide) groups is 1. The minimum Gasteiger partial charge on any atom is -0.309 e. The zero-order valence-corrected chi connectivity index (χ0v) is 32.4. The van der Waals surface area contributed by atoms with Crippen molar-refractivity contribution in [2.24, 2.45) is 0 Å². The molecule has 0 atom stereocenters. The normalized spacial score (nSPS) is 12.9. The summed E-state index contributed by atoms with van der Waals surface area (Å²) in [5, 5.41) is 4.85. The Balaban J connectivity index is 1.02. The first-order valence-corrected chi connectivity index (χ1v) is 20.5. The number of hydrogen-bond donors (Lipinski definition) is 0. The summed E-state index contributed by atoms with van der Waals surface area (Å²) in [6.07, 6.45) is 13.8. The Morgan fingerprint density at radius 1 is 0.466 bits per heavy atom. The second-order valence-electron chi connectivity index (χ2n) is 14.7. The molecule has 0 aliphatic carbocycles. The van der Waals surface area contributed by atoms with Crippen LogP contribution in [0, 0.1) is 0 Å². The lowest BCUT2D eigenvalue weighted by Crippen LogP contribution is -1.96. The molecular formula is C53H36N4S. The van der Waals surface area contributed by atoms with E-state index in [4.69, 9.17) is 0 Å². The van der Waals surface area contributed by atoms with Crippen molar-refractivity contribution in [3.8, 4) is 44.8 Å². The van der Waals surface area contributed by atoms with Crippen LogP contribution < -0.4 is 0 Å². The number of allylic oxidation sites excluding steroid dienone is 4. The van der Waals surface area contributed by atoms with Gasteiger partial charge in [0.2, 0.25) is 0 Å². The van der Waals surface area contributed by atoms with Crippen LogP contribution in [0.2, 0.25) is 0 Å². The third-order valence-corrected chi connectivity index (χ3v) is 12.4. The van der Waals surface area contributed by atoms with E-state index in [1.54, 1.807) is 6.33 Å². The maximum atomic E-state index is 4.39. The molecule has 0 saturated carbocycles. The standard InChI is InChI=1S/C53H36N4S/c1-35-12-3-2-8-27-58-53-43(35)19-11-20-44(53)39-15-9-13-36(28-39)37-14-10-16-41(29-37)56-50-22-7-5-18-46(50)48-31-42(24-26-52(48)56)57-49-21-6-4-17-45(49)47-30-38(23-25-51(47)57)40-32-54-34-55-33-40/h2-26,28-34H,1,27H2. The largest absolute Gasteiger partial charge is 0.309 e. The highest BCUT2D eigenvalue weighted by molar-refractivity contribution is 7.99. The van der Waals surface area contributed by atoms with Crippen molar-refractivity contribution in [1.29, 1.82) is 0 Å². The van der Waals surface area contributed by atoms with E-state index in [2.05, 4.69) is 202 Å². The third kappa shape index (κ3) is 5.70. The zero-order chi connectivity index (χ0) is 38.6. The van der Waals surface area contributed by atoms with Gasteiger partial charge in [0.25, 0.3) is 0 Å². The second-order valence-corrected chi connectivity index (χ2v) is 15.7. The highest BCUT2D eigenvalue weighted by Crippen LogP contribution is 2.41. The minimum atomic E-state index is 0.911. The average molecular weight is 761 g/mol. The highest BCUT2D eigenvalue weighted by atomic mass is 32.2. The van der Waals surface area contributed by atoms with Crippen LogP contribution in [0.25, 0.3) is 93.9 Å². The van der Waals surface area contributed by atoms with Crippen LogP contribution in [-0.4, -0.2) is 24.9 Å². The summed E-state index contributed by atoms with van der Waals surface area (Å²) < 4.78 is 4.81. The molecule has 11 rings (SSSR count). The van der Waals surface area contributed by atoms with Gasteiger partial charge < -0.3 is 9.13 Å². The first-order chi connectivity index (χ1) is 28.7. The van der Waals surface area contributed by atoms with Gasteiger partial charge in [-0.2, -0.15) is 0 Å². The van der Waals surface area contributed by atoms with Crippen LogP contribution in [0.15, 0.2) is 206 Å². The van der Waals surface area contributed by atoms with Crippen molar-refractivity contribution in [3.63, 3.8) is 0 Å². The van der Waals surface area contributed by atoms with Crippen LogP contribution in [0.5, 0.6) is 0 Å². The van der Waals surface area contributed by atoms with Gasteiger partial charge in [-0.1, -0.05) is 122 Å². The van der Waals surface area contributed by atoms with Crippen molar-refractivity contribution in [1.82, 2.24) is 19.1 Å². The molecule has 7 aromatic carbocycles. The number of para-hydroxylation sites is 2. The summed E-state index contributed by atoms with van der Waals surface area (Å²) >= 11 is 1.87. The number of hydrogen-bond acceptors (Lipinski definition) is 3. The molecule has 0 unspecified atom stereocenters. The van der Waals surface area contributed by atoms with Crippen molar-refractivity contribution in [2.45, 2.75) is 4.90 Å². The molecule has 0 radical (unpaired) electrons. The van der Waals surface area contributed by atoms with E-state index >= 15 is 0 Å². The first kappa shape index (κ1) is 34.1. The number of nitrogens with zero attached hydrogens (tertiary/aromatic N) is 4. The molecule has 0 spiro atoms. The van der Waals surface area contributed by atoms with E-state index < -0.39 is 0 Å². The highest BCUT2D eigenvalue weighted by Gasteiger charge is 2.18. The zero-order valence-electron chi connectivity index (χ0n) is 31.6. The summed E-state index contributed by atoms with van der Waals surface area (Å²) in [5.41, 5.74) is 16.0. The van der Waals surface area contributed by atoms with Crippen molar-refractivity contribution in [2.75, 3.05) is 5.75 Å². The number of rotatable bonds is 5. The van der Waals surface area contributed by atoms with Gasteiger partial charge in [0.15, 0.2) is 0 Å². The Labute approximate surface area is 340 Å². The van der Waals surface area contributed by atoms with E-state index in [1.165, 1.54) is 70.8 Å². The van der Waals surface area contributed by atoms with Crippen LogP contribution in [-0.2, 0) is 0 Å². The molecule has 5 heteroatoms. The van der Waals surface area contributed by atoms with Crippen molar-refractivity contribution in [3.05, 3.63) is 207 Å². The number of aromatic nitrogens is 4. The molecular weight excluding hydrogens is 725 g/mol. The Morgan fingerprint density at radius 2 is 1.07 bits per heavy atom. The molecule has 0 fully saturated rings. The Kier molecular flexibility index (Phi) is 8.26. The predicted molar refractivity (Wildman–Crippen MR) is 245 cm³/mol. The van der Waals surface area contributed by atoms with Gasteiger partial charge in [0, 0.05) is 61.5 Å². The van der Waals surface area contributed by atoms with Gasteiger partial charge in [-0.05, 0) is 99.6 Å². The van der Waals surface area contributed by atoms with Gasteiger partial charge in [-0.25, -0.2) is 9.97 Å². The Bertz CT molecular complexity index is 3310. The molecule has 0 saturated heterocycles. The molecule has 4 heterocycles. The monoisotopic (exact) mass is 760 g/mol. The number of benzene rings is 7. The predicted octanol–water partition coefficient (Wildman–Crippen LogP) is 13.9. The van der Waals surface area contributed by atoms with Crippen molar-refractivity contribution >= 4 is 60.9 Å².